The number of aromatic nitrogens is 4. The van der Waals surface area contributed by atoms with Gasteiger partial charge in [0.1, 0.15) is 0 Å². The largest absolute Gasteiger partial charge is 0.388 e. The Morgan fingerprint density at radius 2 is 2.16 bits per heavy atom. The maximum atomic E-state index is 10.3. The van der Waals surface area contributed by atoms with Gasteiger partial charge in [-0.25, -0.2) is 0 Å². The van der Waals surface area contributed by atoms with Crippen LogP contribution in [-0.4, -0.2) is 24.7 Å². The fourth-order valence-corrected chi connectivity index (χ4v) is 2.85. The minimum absolute atomic E-state index is 0.535. The smallest absolute Gasteiger partial charge is 0.0876 e. The van der Waals surface area contributed by atoms with Gasteiger partial charge in [0.15, 0.2) is 0 Å². The third kappa shape index (κ3) is 2.90. The average molecular weight is 327 g/mol. The Hall–Kier alpha value is -1.14. The first-order valence-electron chi connectivity index (χ1n) is 6.47. The lowest BCUT2D eigenvalue weighted by atomic mass is 10.1. The second kappa shape index (κ2) is 5.88. The maximum Gasteiger partial charge on any atom is 0.0876 e. The van der Waals surface area contributed by atoms with Gasteiger partial charge in [-0.1, -0.05) is 6.92 Å². The van der Waals surface area contributed by atoms with Gasteiger partial charge in [0, 0.05) is 31.8 Å². The first-order chi connectivity index (χ1) is 9.06. The summed E-state index contributed by atoms with van der Waals surface area (Å²) >= 11 is 3.59. The van der Waals surface area contributed by atoms with Crippen LogP contribution in [0.3, 0.4) is 0 Å². The molecular formula is C13H19BrN4O. The molecule has 0 aliphatic rings. The number of aryl methyl sites for hydroxylation is 3. The normalized spacial score (nSPS) is 12.9. The summed E-state index contributed by atoms with van der Waals surface area (Å²) in [6, 6.07) is 0. The van der Waals surface area contributed by atoms with Gasteiger partial charge in [-0.15, -0.1) is 0 Å². The summed E-state index contributed by atoms with van der Waals surface area (Å²) in [4.78, 5) is 0. The van der Waals surface area contributed by atoms with Crippen molar-refractivity contribution >= 4 is 15.9 Å². The Kier molecular flexibility index (Phi) is 4.42. The van der Waals surface area contributed by atoms with Gasteiger partial charge in [-0.05, 0) is 29.3 Å². The Bertz CT molecular complexity index is 561. The van der Waals surface area contributed by atoms with Gasteiger partial charge in [-0.2, -0.15) is 10.2 Å². The maximum absolute atomic E-state index is 10.3. The lowest BCUT2D eigenvalue weighted by Crippen LogP contribution is -2.08. The predicted octanol–water partition coefficient (Wildman–Crippen LogP) is 2.24. The summed E-state index contributed by atoms with van der Waals surface area (Å²) in [5.41, 5.74) is 2.90. The van der Waals surface area contributed by atoms with Crippen molar-refractivity contribution in [1.29, 1.82) is 0 Å². The topological polar surface area (TPSA) is 55.9 Å². The van der Waals surface area contributed by atoms with Gasteiger partial charge in [0.25, 0.3) is 0 Å². The van der Waals surface area contributed by atoms with Gasteiger partial charge in [-0.3, -0.25) is 9.36 Å². The van der Waals surface area contributed by atoms with Crippen LogP contribution >= 0.6 is 15.9 Å². The average Bonchev–Trinajstić information content (AvgIpc) is 2.95. The van der Waals surface area contributed by atoms with E-state index < -0.39 is 6.10 Å². The van der Waals surface area contributed by atoms with Gasteiger partial charge in [0.05, 0.1) is 28.2 Å². The zero-order valence-electron chi connectivity index (χ0n) is 11.5. The van der Waals surface area contributed by atoms with Crippen LogP contribution in [0.4, 0.5) is 0 Å². The van der Waals surface area contributed by atoms with E-state index in [2.05, 4.69) is 40.0 Å². The highest BCUT2D eigenvalue weighted by molar-refractivity contribution is 9.10. The van der Waals surface area contributed by atoms with Gasteiger partial charge in [0.2, 0.25) is 0 Å². The van der Waals surface area contributed by atoms with E-state index in [0.717, 1.165) is 34.4 Å². The summed E-state index contributed by atoms with van der Waals surface area (Å²) in [5, 5.41) is 18.9. The summed E-state index contributed by atoms with van der Waals surface area (Å²) in [6.45, 7) is 4.93. The Morgan fingerprint density at radius 1 is 1.42 bits per heavy atom. The molecule has 2 aromatic rings. The van der Waals surface area contributed by atoms with E-state index in [0.29, 0.717) is 6.42 Å². The molecule has 1 unspecified atom stereocenters. The fourth-order valence-electron chi connectivity index (χ4n) is 2.13. The van der Waals surface area contributed by atoms with Crippen molar-refractivity contribution < 1.29 is 5.11 Å². The van der Waals surface area contributed by atoms with E-state index in [9.17, 15) is 5.11 Å². The lowest BCUT2D eigenvalue weighted by Gasteiger charge is -2.10. The van der Waals surface area contributed by atoms with Crippen LogP contribution in [0, 0.1) is 0 Å². The number of hydrogen-bond acceptors (Lipinski definition) is 3. The Morgan fingerprint density at radius 3 is 2.68 bits per heavy atom. The molecule has 6 heteroatoms. The molecule has 0 amide bonds. The number of aliphatic hydroxyl groups excluding tert-OH is 1. The van der Waals surface area contributed by atoms with E-state index in [1.807, 2.05) is 17.9 Å². The first-order valence-corrected chi connectivity index (χ1v) is 7.26. The minimum Gasteiger partial charge on any atom is -0.388 e. The molecular weight excluding hydrogens is 308 g/mol. The molecule has 0 saturated carbocycles. The Labute approximate surface area is 121 Å². The van der Waals surface area contributed by atoms with Crippen molar-refractivity contribution in [2.24, 2.45) is 7.05 Å². The molecule has 104 valence electrons. The molecule has 5 nitrogen and oxygen atoms in total. The SMILES string of the molecule is CCc1nn(CC)c(CC(O)c2cnn(C)c2)c1Br. The minimum atomic E-state index is -0.559. The third-order valence-electron chi connectivity index (χ3n) is 3.19. The fraction of sp³-hybridized carbons (Fsp3) is 0.538. The molecule has 0 fully saturated rings. The van der Waals surface area contributed by atoms with Crippen LogP contribution in [-0.2, 0) is 26.4 Å². The van der Waals surface area contributed by atoms with Crippen molar-refractivity contribution in [2.75, 3.05) is 0 Å². The number of halogens is 1. The summed E-state index contributed by atoms with van der Waals surface area (Å²) in [5.74, 6) is 0. The highest BCUT2D eigenvalue weighted by atomic mass is 79.9. The van der Waals surface area contributed by atoms with Crippen molar-refractivity contribution in [1.82, 2.24) is 19.6 Å². The van der Waals surface area contributed by atoms with Crippen LogP contribution in [0.2, 0.25) is 0 Å². The standard InChI is InChI=1S/C13H19BrN4O/c1-4-10-13(14)11(18(5-2)16-10)6-12(19)9-7-15-17(3)8-9/h7-8,12,19H,4-6H2,1-3H3. The molecule has 19 heavy (non-hydrogen) atoms. The first kappa shape index (κ1) is 14.3. The van der Waals surface area contributed by atoms with Crippen LogP contribution in [0.25, 0.3) is 0 Å². The van der Waals surface area contributed by atoms with Crippen molar-refractivity contribution in [3.63, 3.8) is 0 Å². The van der Waals surface area contributed by atoms with Crippen molar-refractivity contribution in [3.8, 4) is 0 Å². The molecule has 0 aliphatic heterocycles. The number of hydrogen-bond donors (Lipinski definition) is 1. The molecule has 2 aromatic heterocycles. The molecule has 0 radical (unpaired) electrons. The summed E-state index contributed by atoms with van der Waals surface area (Å²) in [6.07, 6.45) is 4.39. The lowest BCUT2D eigenvalue weighted by molar-refractivity contribution is 0.175. The zero-order chi connectivity index (χ0) is 14.0. The van der Waals surface area contributed by atoms with Crippen LogP contribution in [0.15, 0.2) is 16.9 Å². The molecule has 1 N–H and O–H groups in total. The second-order valence-corrected chi connectivity index (χ2v) is 5.34. The number of nitrogens with zero attached hydrogens (tertiary/aromatic N) is 4. The van der Waals surface area contributed by atoms with E-state index in [-0.39, 0.29) is 0 Å². The third-order valence-corrected chi connectivity index (χ3v) is 4.11. The number of rotatable bonds is 5. The molecule has 2 heterocycles. The molecule has 1 atom stereocenters. The summed E-state index contributed by atoms with van der Waals surface area (Å²) in [7, 11) is 1.84. The molecule has 0 aromatic carbocycles. The van der Waals surface area contributed by atoms with E-state index in [4.69, 9.17) is 0 Å². The molecule has 0 bridgehead atoms. The quantitative estimate of drug-likeness (QED) is 0.916. The van der Waals surface area contributed by atoms with Crippen LogP contribution < -0.4 is 0 Å². The monoisotopic (exact) mass is 326 g/mol. The molecule has 2 rings (SSSR count). The van der Waals surface area contributed by atoms with E-state index in [1.54, 1.807) is 10.9 Å². The van der Waals surface area contributed by atoms with Crippen molar-refractivity contribution in [2.45, 2.75) is 39.3 Å². The predicted molar refractivity (Wildman–Crippen MR) is 76.9 cm³/mol. The van der Waals surface area contributed by atoms with E-state index >= 15 is 0 Å². The molecule has 0 saturated heterocycles. The zero-order valence-corrected chi connectivity index (χ0v) is 13.1. The van der Waals surface area contributed by atoms with E-state index in [1.165, 1.54) is 0 Å². The highest BCUT2D eigenvalue weighted by Gasteiger charge is 2.19. The highest BCUT2D eigenvalue weighted by Crippen LogP contribution is 2.27. The summed E-state index contributed by atoms with van der Waals surface area (Å²) < 4.78 is 4.66. The molecule has 0 aliphatic carbocycles. The second-order valence-electron chi connectivity index (χ2n) is 4.54. The van der Waals surface area contributed by atoms with Crippen LogP contribution in [0.5, 0.6) is 0 Å². The van der Waals surface area contributed by atoms with Crippen molar-refractivity contribution in [3.05, 3.63) is 33.8 Å². The Balaban J connectivity index is 2.25. The van der Waals surface area contributed by atoms with Gasteiger partial charge >= 0.3 is 0 Å². The number of aliphatic hydroxyl groups is 1. The van der Waals surface area contributed by atoms with Gasteiger partial charge < -0.3 is 5.11 Å². The van der Waals surface area contributed by atoms with Crippen LogP contribution in [0.1, 0.15) is 36.9 Å². The molecule has 0 spiro atoms.